The summed E-state index contributed by atoms with van der Waals surface area (Å²) in [6, 6.07) is 16.4. The number of hydrogen-bond donors (Lipinski definition) is 0. The Kier molecular flexibility index (Phi) is 9.02. The zero-order chi connectivity index (χ0) is 35.2. The van der Waals surface area contributed by atoms with Gasteiger partial charge in [0.05, 0.1) is 31.0 Å². The number of ketones is 1. The number of hydrogen-bond acceptors (Lipinski definition) is 10. The standard InChI is InChI=1S/C38H36N2O8S2/c1-23(41)31(25-13-8-5-9-14-25)34(43)48-29-17-18-46-22-27-21-38(50-3)36(45)39-32-26(20-37(39,49-2)35(44)40(38)33(27)29)15-10-16-28(32)47-30(42)19-24-11-6-4-7-12-24/h4-18,22,28-29,31-33H,19-21H2,1-3H3/t28-,29-,31?,32-,33-,37+,38+/m0/s1. The van der Waals surface area contributed by atoms with Crippen molar-refractivity contribution >= 4 is 53.1 Å². The third-order valence-corrected chi connectivity index (χ3v) is 12.4. The Morgan fingerprint density at radius 1 is 0.840 bits per heavy atom. The summed E-state index contributed by atoms with van der Waals surface area (Å²) in [5.74, 6) is -3.38. The summed E-state index contributed by atoms with van der Waals surface area (Å²) in [7, 11) is 0. The van der Waals surface area contributed by atoms with Crippen molar-refractivity contribution in [2.75, 3.05) is 12.5 Å². The molecule has 0 radical (unpaired) electrons. The predicted molar refractivity (Wildman–Crippen MR) is 188 cm³/mol. The smallest absolute Gasteiger partial charge is 0.321 e. The molecule has 0 saturated carbocycles. The summed E-state index contributed by atoms with van der Waals surface area (Å²) in [5, 5.41) is 0. The van der Waals surface area contributed by atoms with Gasteiger partial charge in [0.25, 0.3) is 11.8 Å². The van der Waals surface area contributed by atoms with Gasteiger partial charge in [0.1, 0.15) is 23.9 Å². The Morgan fingerprint density at radius 2 is 1.42 bits per heavy atom. The maximum absolute atomic E-state index is 15.2. The van der Waals surface area contributed by atoms with E-state index in [-0.39, 0.29) is 36.9 Å². The van der Waals surface area contributed by atoms with Gasteiger partial charge in [0.15, 0.2) is 9.74 Å². The Hall–Kier alpha value is -4.55. The topological polar surface area (TPSA) is 120 Å². The number of rotatable bonds is 9. The minimum Gasteiger partial charge on any atom is -0.473 e. The number of carbonyl (C=O) groups excluding carboxylic acids is 5. The second kappa shape index (κ2) is 13.3. The lowest BCUT2D eigenvalue weighted by molar-refractivity contribution is -0.172. The highest BCUT2D eigenvalue weighted by Crippen LogP contribution is 2.59. The molecule has 7 rings (SSSR count). The van der Waals surface area contributed by atoms with E-state index in [9.17, 15) is 14.4 Å². The molecule has 3 saturated heterocycles. The molecule has 0 spiro atoms. The predicted octanol–water partition coefficient (Wildman–Crippen LogP) is 4.68. The highest BCUT2D eigenvalue weighted by Gasteiger charge is 2.73. The van der Waals surface area contributed by atoms with E-state index in [1.807, 2.05) is 36.4 Å². The molecule has 258 valence electrons. The van der Waals surface area contributed by atoms with E-state index in [2.05, 4.69) is 0 Å². The molecule has 0 aromatic heterocycles. The van der Waals surface area contributed by atoms with Crippen LogP contribution in [0.4, 0.5) is 0 Å². The molecule has 50 heavy (non-hydrogen) atoms. The van der Waals surface area contributed by atoms with Crippen molar-refractivity contribution in [3.63, 3.8) is 0 Å². The quantitative estimate of drug-likeness (QED) is 0.268. The molecule has 0 bridgehead atoms. The molecule has 10 nitrogen and oxygen atoms in total. The van der Waals surface area contributed by atoms with Crippen LogP contribution in [0.2, 0.25) is 0 Å². The summed E-state index contributed by atoms with van der Waals surface area (Å²) in [6.07, 6.45) is 12.0. The molecule has 2 amide bonds. The lowest BCUT2D eigenvalue weighted by Gasteiger charge is -2.54. The van der Waals surface area contributed by atoms with Crippen LogP contribution in [0.3, 0.4) is 0 Å². The molecular formula is C38H36N2O8S2. The van der Waals surface area contributed by atoms with Crippen LogP contribution in [-0.2, 0) is 44.6 Å². The van der Waals surface area contributed by atoms with Gasteiger partial charge in [-0.25, -0.2) is 0 Å². The third-order valence-electron chi connectivity index (χ3n) is 10.0. The maximum atomic E-state index is 15.2. The molecule has 2 aromatic rings. The molecule has 5 aliphatic rings. The van der Waals surface area contributed by atoms with Gasteiger partial charge in [-0.1, -0.05) is 72.8 Å². The molecule has 0 N–H and O–H groups in total. The van der Waals surface area contributed by atoms with E-state index >= 15 is 9.59 Å². The van der Waals surface area contributed by atoms with Crippen molar-refractivity contribution < 1.29 is 38.2 Å². The minimum absolute atomic E-state index is 0.0677. The number of amides is 2. The number of esters is 2. The monoisotopic (exact) mass is 712 g/mol. The summed E-state index contributed by atoms with van der Waals surface area (Å²) >= 11 is 2.50. The van der Waals surface area contributed by atoms with Gasteiger partial charge < -0.3 is 24.0 Å². The van der Waals surface area contributed by atoms with Gasteiger partial charge in [-0.2, -0.15) is 0 Å². The third kappa shape index (κ3) is 5.40. The van der Waals surface area contributed by atoms with Gasteiger partial charge >= 0.3 is 11.9 Å². The van der Waals surface area contributed by atoms with Crippen molar-refractivity contribution in [1.29, 1.82) is 0 Å². The van der Waals surface area contributed by atoms with Crippen molar-refractivity contribution in [3.05, 3.63) is 120 Å². The van der Waals surface area contributed by atoms with E-state index in [0.29, 0.717) is 11.1 Å². The average Bonchev–Trinajstić information content (AvgIpc) is 3.58. The number of benzene rings is 2. The molecule has 4 heterocycles. The lowest BCUT2D eigenvalue weighted by atomic mass is 9.95. The number of thioether (sulfide) groups is 2. The van der Waals surface area contributed by atoms with Crippen molar-refractivity contribution in [2.24, 2.45) is 0 Å². The van der Waals surface area contributed by atoms with E-state index in [0.717, 1.165) is 11.1 Å². The number of allylic oxidation sites excluding steroid dienone is 2. The van der Waals surface area contributed by atoms with Crippen molar-refractivity contribution in [1.82, 2.24) is 9.80 Å². The van der Waals surface area contributed by atoms with Crippen LogP contribution >= 0.6 is 23.5 Å². The SMILES string of the molecule is CS[C@@]12CC3=CC=C[C@H](OC(=O)Cc4ccccc4)[C@H]3N1C(=O)[C@]1(SC)CC3=COC=C[C@H](OC(=O)C(C(C)=O)c4ccccc4)[C@H]3N1C2=O. The summed E-state index contributed by atoms with van der Waals surface area (Å²) in [5.41, 5.74) is 2.72. The molecule has 12 heteroatoms. The van der Waals surface area contributed by atoms with Crippen LogP contribution < -0.4 is 0 Å². The van der Waals surface area contributed by atoms with Crippen LogP contribution in [0.5, 0.6) is 0 Å². The second-order valence-electron chi connectivity index (χ2n) is 12.8. The Balaban J connectivity index is 1.23. The Bertz CT molecular complexity index is 1860. The van der Waals surface area contributed by atoms with Gasteiger partial charge in [-0.15, -0.1) is 23.5 Å². The van der Waals surface area contributed by atoms with Gasteiger partial charge in [-0.3, -0.25) is 24.0 Å². The number of ether oxygens (including phenoxy) is 3. The molecule has 1 unspecified atom stereocenters. The first-order valence-electron chi connectivity index (χ1n) is 16.3. The van der Waals surface area contributed by atoms with E-state index in [1.165, 1.54) is 43.0 Å². The van der Waals surface area contributed by atoms with Gasteiger partial charge in [0, 0.05) is 12.8 Å². The zero-order valence-corrected chi connectivity index (χ0v) is 29.4. The molecule has 7 atom stereocenters. The van der Waals surface area contributed by atoms with E-state index in [4.69, 9.17) is 14.2 Å². The van der Waals surface area contributed by atoms with Crippen molar-refractivity contribution in [2.45, 2.75) is 66.1 Å². The summed E-state index contributed by atoms with van der Waals surface area (Å²) < 4.78 is 17.8. The fourth-order valence-corrected chi connectivity index (χ4v) is 9.78. The molecule has 2 aromatic carbocycles. The number of fused-ring (bicyclic) bond motifs is 6. The zero-order valence-electron chi connectivity index (χ0n) is 27.7. The number of carbonyl (C=O) groups is 5. The minimum atomic E-state index is -1.40. The van der Waals surface area contributed by atoms with Gasteiger partial charge in [0.2, 0.25) is 0 Å². The van der Waals surface area contributed by atoms with Crippen molar-refractivity contribution in [3.8, 4) is 0 Å². The molecule has 4 aliphatic heterocycles. The largest absolute Gasteiger partial charge is 0.473 e. The summed E-state index contributed by atoms with van der Waals surface area (Å²) in [6.45, 7) is 1.34. The first kappa shape index (κ1) is 33.9. The number of piperazine rings is 1. The highest BCUT2D eigenvalue weighted by molar-refractivity contribution is 8.01. The van der Waals surface area contributed by atoms with E-state index < -0.39 is 51.9 Å². The Labute approximate surface area is 298 Å². The molecular weight excluding hydrogens is 677 g/mol. The normalized spacial score (nSPS) is 29.7. The Morgan fingerprint density at radius 3 is 2.04 bits per heavy atom. The fourth-order valence-electron chi connectivity index (χ4n) is 7.83. The molecule has 3 fully saturated rings. The second-order valence-corrected chi connectivity index (χ2v) is 15.0. The summed E-state index contributed by atoms with van der Waals surface area (Å²) in [4.78, 5) is 70.4. The molecule has 1 aliphatic carbocycles. The first-order valence-corrected chi connectivity index (χ1v) is 18.8. The van der Waals surface area contributed by atoms with Crippen LogP contribution in [0, 0.1) is 0 Å². The van der Waals surface area contributed by atoms with Crippen LogP contribution in [0.25, 0.3) is 0 Å². The lowest BCUT2D eigenvalue weighted by Crippen LogP contribution is -2.74. The van der Waals surface area contributed by atoms with Crippen LogP contribution in [-0.4, -0.2) is 85.9 Å². The number of Topliss-reactive ketones (excluding diaryl/α,β-unsaturated/α-hetero) is 1. The van der Waals surface area contributed by atoms with Crippen LogP contribution in [0.1, 0.15) is 36.8 Å². The first-order chi connectivity index (χ1) is 24.1. The number of nitrogens with zero attached hydrogens (tertiary/aromatic N) is 2. The van der Waals surface area contributed by atoms with E-state index in [1.54, 1.807) is 70.9 Å². The fraction of sp³-hybridized carbons (Fsp3) is 0.342. The highest BCUT2D eigenvalue weighted by atomic mass is 32.2. The average molecular weight is 713 g/mol. The van der Waals surface area contributed by atoms with Gasteiger partial charge in [-0.05, 0) is 53.9 Å². The maximum Gasteiger partial charge on any atom is 0.321 e. The van der Waals surface area contributed by atoms with Crippen LogP contribution in [0.15, 0.2) is 109 Å².